The van der Waals surface area contributed by atoms with Crippen molar-refractivity contribution in [3.8, 4) is 16.9 Å². The lowest BCUT2D eigenvalue weighted by molar-refractivity contribution is -0.139. The Balaban J connectivity index is 1.60. The topological polar surface area (TPSA) is 174 Å². The molecule has 2 aromatic carbocycles. The number of carbonyl (C=O) groups excluding carboxylic acids is 3. The van der Waals surface area contributed by atoms with Gasteiger partial charge in [0, 0.05) is 34.3 Å². The van der Waals surface area contributed by atoms with E-state index in [1.807, 2.05) is 0 Å². The van der Waals surface area contributed by atoms with Crippen LogP contribution < -0.4 is 10.6 Å². The Bertz CT molecular complexity index is 1610. The number of ether oxygens (including phenoxy) is 1. The number of tetrazole rings is 1. The lowest BCUT2D eigenvalue weighted by Crippen LogP contribution is -2.34. The van der Waals surface area contributed by atoms with E-state index in [0.717, 1.165) is 5.56 Å². The van der Waals surface area contributed by atoms with Gasteiger partial charge < -0.3 is 20.5 Å². The highest BCUT2D eigenvalue weighted by atomic mass is 35.5. The zero-order chi connectivity index (χ0) is 30.8. The van der Waals surface area contributed by atoms with Gasteiger partial charge in [0.15, 0.2) is 5.15 Å². The minimum absolute atomic E-state index is 0.00823. The van der Waals surface area contributed by atoms with E-state index in [1.54, 1.807) is 48.5 Å². The molecule has 3 N–H and O–H groups in total. The Morgan fingerprint density at radius 1 is 1.09 bits per heavy atom. The first-order chi connectivity index (χ1) is 20.8. The highest BCUT2D eigenvalue weighted by Gasteiger charge is 2.22. The number of aliphatic hydroxyl groups excluding tert-OH is 1. The second-order valence-corrected chi connectivity index (χ2v) is 9.85. The summed E-state index contributed by atoms with van der Waals surface area (Å²) in [5, 5.41) is 34.3. The van der Waals surface area contributed by atoms with Gasteiger partial charge in [-0.3, -0.25) is 14.4 Å². The number of hydrogen-bond acceptors (Lipinski definition) is 10. The van der Waals surface area contributed by atoms with Gasteiger partial charge in [-0.2, -0.15) is 4.68 Å². The second-order valence-electron chi connectivity index (χ2n) is 9.06. The molecule has 222 valence electrons. The van der Waals surface area contributed by atoms with E-state index >= 15 is 0 Å². The van der Waals surface area contributed by atoms with Crippen molar-refractivity contribution in [3.05, 3.63) is 87.8 Å². The molecular formula is C28H26Cl2N8O5. The first-order valence-corrected chi connectivity index (χ1v) is 13.6. The maximum absolute atomic E-state index is 13.1. The third-order valence-corrected chi connectivity index (χ3v) is 6.65. The van der Waals surface area contributed by atoms with Crippen LogP contribution in [0.5, 0.6) is 0 Å². The molecular weight excluding hydrogens is 599 g/mol. The minimum atomic E-state index is -0.908. The van der Waals surface area contributed by atoms with Crippen LogP contribution in [0.3, 0.4) is 0 Å². The highest BCUT2D eigenvalue weighted by Crippen LogP contribution is 2.28. The van der Waals surface area contributed by atoms with Crippen LogP contribution in [0.15, 0.2) is 60.9 Å². The molecule has 0 aliphatic heterocycles. The predicted octanol–water partition coefficient (Wildman–Crippen LogP) is 2.51. The van der Waals surface area contributed by atoms with E-state index in [9.17, 15) is 14.4 Å². The number of amides is 2. The highest BCUT2D eigenvalue weighted by molar-refractivity contribution is 6.31. The van der Waals surface area contributed by atoms with E-state index in [1.165, 1.54) is 30.3 Å². The van der Waals surface area contributed by atoms with Gasteiger partial charge in [-0.1, -0.05) is 47.5 Å². The quantitative estimate of drug-likeness (QED) is 0.157. The van der Waals surface area contributed by atoms with Crippen LogP contribution >= 0.6 is 23.2 Å². The number of halogens is 2. The largest absolute Gasteiger partial charge is 0.469 e. The van der Waals surface area contributed by atoms with Gasteiger partial charge in [0.25, 0.3) is 0 Å². The van der Waals surface area contributed by atoms with E-state index in [2.05, 4.69) is 36.4 Å². The van der Waals surface area contributed by atoms with Crippen molar-refractivity contribution in [1.82, 2.24) is 41.0 Å². The monoisotopic (exact) mass is 624 g/mol. The van der Waals surface area contributed by atoms with Crippen molar-refractivity contribution in [2.24, 2.45) is 0 Å². The molecule has 2 aromatic heterocycles. The van der Waals surface area contributed by atoms with Gasteiger partial charge >= 0.3 is 5.97 Å². The Morgan fingerprint density at radius 2 is 1.88 bits per heavy atom. The molecule has 0 fully saturated rings. The maximum Gasteiger partial charge on any atom is 0.309 e. The summed E-state index contributed by atoms with van der Waals surface area (Å²) < 4.78 is 6.13. The molecule has 0 aliphatic carbocycles. The molecule has 0 saturated heterocycles. The van der Waals surface area contributed by atoms with Crippen molar-refractivity contribution in [1.29, 1.82) is 0 Å². The number of benzene rings is 2. The van der Waals surface area contributed by atoms with E-state index in [4.69, 9.17) is 33.0 Å². The number of rotatable bonds is 12. The number of esters is 1. The predicted molar refractivity (Wildman–Crippen MR) is 157 cm³/mol. The molecule has 0 bridgehead atoms. The Morgan fingerprint density at radius 3 is 2.58 bits per heavy atom. The molecule has 0 spiro atoms. The standard InChI is InChI=1S/C28H26Cl2N8O5/c1-43-27(42)12-17-2-4-18(5-3-17)22-14-21(28(30)35-34-22)23(15-26(41)31-10-11-39)33-25(40)9-6-19-13-20(29)7-8-24(19)38-16-32-36-37-38/h2-9,13-14,16,23,39H,10-12,15H2,1H3,(H,31,41)(H,33,40)/b9-6+. The van der Waals surface area contributed by atoms with E-state index < -0.39 is 17.9 Å². The van der Waals surface area contributed by atoms with Crippen molar-refractivity contribution in [2.45, 2.75) is 18.9 Å². The summed E-state index contributed by atoms with van der Waals surface area (Å²) in [6, 6.07) is 12.8. The van der Waals surface area contributed by atoms with Crippen LogP contribution in [0, 0.1) is 0 Å². The third kappa shape index (κ3) is 8.64. The van der Waals surface area contributed by atoms with E-state index in [0.29, 0.717) is 33.1 Å². The first-order valence-electron chi connectivity index (χ1n) is 12.9. The molecule has 0 aliphatic rings. The van der Waals surface area contributed by atoms with Crippen LogP contribution in [-0.4, -0.2) is 73.6 Å². The molecule has 0 radical (unpaired) electrons. The van der Waals surface area contributed by atoms with Crippen LogP contribution in [-0.2, 0) is 25.5 Å². The van der Waals surface area contributed by atoms with Crippen LogP contribution in [0.2, 0.25) is 10.2 Å². The number of carbonyl (C=O) groups is 3. The van der Waals surface area contributed by atoms with Gasteiger partial charge in [-0.25, -0.2) is 0 Å². The molecule has 2 heterocycles. The molecule has 43 heavy (non-hydrogen) atoms. The van der Waals surface area contributed by atoms with Crippen molar-refractivity contribution in [3.63, 3.8) is 0 Å². The van der Waals surface area contributed by atoms with Crippen molar-refractivity contribution < 1.29 is 24.2 Å². The summed E-state index contributed by atoms with van der Waals surface area (Å²) in [6.45, 7) is -0.206. The molecule has 15 heteroatoms. The van der Waals surface area contributed by atoms with Gasteiger partial charge in [-0.05, 0) is 46.3 Å². The average molecular weight is 625 g/mol. The number of nitrogens with zero attached hydrogens (tertiary/aromatic N) is 6. The first kappa shape index (κ1) is 31.2. The number of nitrogens with one attached hydrogen (secondary N) is 2. The minimum Gasteiger partial charge on any atom is -0.469 e. The number of aromatic nitrogens is 6. The number of methoxy groups -OCH3 is 1. The third-order valence-electron chi connectivity index (χ3n) is 6.12. The van der Waals surface area contributed by atoms with Crippen LogP contribution in [0.4, 0.5) is 0 Å². The Hall–Kier alpha value is -4.72. The summed E-state index contributed by atoms with van der Waals surface area (Å²) >= 11 is 12.6. The molecule has 1 unspecified atom stereocenters. The van der Waals surface area contributed by atoms with Gasteiger partial charge in [0.1, 0.15) is 6.33 Å². The zero-order valence-corrected chi connectivity index (χ0v) is 24.3. The summed E-state index contributed by atoms with van der Waals surface area (Å²) in [5.41, 5.74) is 3.35. The summed E-state index contributed by atoms with van der Waals surface area (Å²) in [6.07, 6.45) is 4.14. The summed E-state index contributed by atoms with van der Waals surface area (Å²) in [4.78, 5) is 37.3. The number of aliphatic hydroxyl groups is 1. The summed E-state index contributed by atoms with van der Waals surface area (Å²) in [5.74, 6) is -1.33. The molecule has 4 rings (SSSR count). The van der Waals surface area contributed by atoms with Crippen molar-refractivity contribution >= 4 is 47.1 Å². The fraction of sp³-hybridized carbons (Fsp3) is 0.214. The maximum atomic E-state index is 13.1. The molecule has 1 atom stereocenters. The molecule has 13 nitrogen and oxygen atoms in total. The van der Waals surface area contributed by atoms with Crippen molar-refractivity contribution in [2.75, 3.05) is 20.3 Å². The van der Waals surface area contributed by atoms with E-state index in [-0.39, 0.29) is 37.1 Å². The SMILES string of the molecule is COC(=O)Cc1ccc(-c2cc(C(CC(=O)NCCO)NC(=O)/C=C/c3cc(Cl)ccc3-n3cnnn3)c(Cl)nn2)cc1. The summed E-state index contributed by atoms with van der Waals surface area (Å²) in [7, 11) is 1.32. The van der Waals surface area contributed by atoms with Crippen LogP contribution in [0.1, 0.15) is 29.2 Å². The average Bonchev–Trinajstić information content (AvgIpc) is 3.54. The van der Waals surface area contributed by atoms with Gasteiger partial charge in [-0.15, -0.1) is 15.3 Å². The van der Waals surface area contributed by atoms with Gasteiger partial charge in [0.2, 0.25) is 11.8 Å². The normalized spacial score (nSPS) is 11.7. The van der Waals surface area contributed by atoms with Crippen LogP contribution in [0.25, 0.3) is 23.0 Å². The second kappa shape index (κ2) is 15.0. The fourth-order valence-electron chi connectivity index (χ4n) is 4.02. The zero-order valence-electron chi connectivity index (χ0n) is 22.8. The molecule has 4 aromatic rings. The molecule has 0 saturated carbocycles. The fourth-order valence-corrected chi connectivity index (χ4v) is 4.43. The van der Waals surface area contributed by atoms with Gasteiger partial charge in [0.05, 0.1) is 44.0 Å². The molecule has 2 amide bonds. The number of hydrogen-bond donors (Lipinski definition) is 3. The Labute approximate surface area is 255 Å². The lowest BCUT2D eigenvalue weighted by atomic mass is 10.0. The smallest absolute Gasteiger partial charge is 0.309 e. The Kier molecular flexibility index (Phi) is 10.9. The lowest BCUT2D eigenvalue weighted by Gasteiger charge is -2.19.